The zero-order valence-electron chi connectivity index (χ0n) is 12.0. The molecule has 2 aromatic rings. The molecule has 19 heavy (non-hydrogen) atoms. The standard InChI is InChI=1S/C15H21N3O/c1-5-11-6-8-12(9-7-11)14-17-13(19-18-14)10-16-15(2,3)4/h6-9,16H,5,10H2,1-4H3. The molecule has 0 radical (unpaired) electrons. The van der Waals surface area contributed by atoms with Crippen LogP contribution in [0.15, 0.2) is 28.8 Å². The third kappa shape index (κ3) is 3.89. The molecule has 2 rings (SSSR count). The highest BCUT2D eigenvalue weighted by Gasteiger charge is 2.13. The summed E-state index contributed by atoms with van der Waals surface area (Å²) in [6.45, 7) is 9.04. The van der Waals surface area contributed by atoms with Crippen molar-refractivity contribution in [1.82, 2.24) is 15.5 Å². The van der Waals surface area contributed by atoms with Crippen molar-refractivity contribution in [1.29, 1.82) is 0 Å². The molecule has 4 nitrogen and oxygen atoms in total. The van der Waals surface area contributed by atoms with Crippen LogP contribution in [0.5, 0.6) is 0 Å². The average Bonchev–Trinajstić information content (AvgIpc) is 2.84. The van der Waals surface area contributed by atoms with Crippen LogP contribution < -0.4 is 5.32 Å². The Morgan fingerprint density at radius 3 is 2.42 bits per heavy atom. The Bertz CT molecular complexity index is 523. The van der Waals surface area contributed by atoms with E-state index in [0.29, 0.717) is 18.3 Å². The van der Waals surface area contributed by atoms with Crippen molar-refractivity contribution in [3.05, 3.63) is 35.7 Å². The van der Waals surface area contributed by atoms with Crippen LogP contribution in [-0.2, 0) is 13.0 Å². The number of nitrogens with zero attached hydrogens (tertiary/aromatic N) is 2. The topological polar surface area (TPSA) is 51.0 Å². The minimum Gasteiger partial charge on any atom is -0.338 e. The maximum absolute atomic E-state index is 5.25. The molecule has 0 aliphatic carbocycles. The first-order chi connectivity index (χ1) is 8.98. The summed E-state index contributed by atoms with van der Waals surface area (Å²) in [5.41, 5.74) is 2.34. The normalized spacial score (nSPS) is 11.8. The Morgan fingerprint density at radius 1 is 1.16 bits per heavy atom. The van der Waals surface area contributed by atoms with Crippen LogP contribution in [0.4, 0.5) is 0 Å². The van der Waals surface area contributed by atoms with Crippen LogP contribution in [0, 0.1) is 0 Å². The van der Waals surface area contributed by atoms with E-state index in [4.69, 9.17) is 4.52 Å². The van der Waals surface area contributed by atoms with E-state index in [1.165, 1.54) is 5.56 Å². The molecule has 0 bridgehead atoms. The first-order valence-electron chi connectivity index (χ1n) is 6.65. The van der Waals surface area contributed by atoms with Gasteiger partial charge in [-0.1, -0.05) is 36.3 Å². The van der Waals surface area contributed by atoms with Crippen LogP contribution in [0.25, 0.3) is 11.4 Å². The minimum absolute atomic E-state index is 0.0391. The second-order valence-corrected chi connectivity index (χ2v) is 5.67. The lowest BCUT2D eigenvalue weighted by Crippen LogP contribution is -2.35. The van der Waals surface area contributed by atoms with E-state index in [1.54, 1.807) is 0 Å². The molecule has 102 valence electrons. The Balaban J connectivity index is 2.07. The van der Waals surface area contributed by atoms with Crippen LogP contribution in [-0.4, -0.2) is 15.7 Å². The quantitative estimate of drug-likeness (QED) is 0.916. The molecule has 1 N–H and O–H groups in total. The number of hydrogen-bond donors (Lipinski definition) is 1. The van der Waals surface area contributed by atoms with Gasteiger partial charge in [0.1, 0.15) is 0 Å². The average molecular weight is 259 g/mol. The summed E-state index contributed by atoms with van der Waals surface area (Å²) in [6, 6.07) is 8.26. The smallest absolute Gasteiger partial charge is 0.240 e. The fourth-order valence-electron chi connectivity index (χ4n) is 1.67. The Labute approximate surface area is 114 Å². The highest BCUT2D eigenvalue weighted by Crippen LogP contribution is 2.17. The van der Waals surface area contributed by atoms with Gasteiger partial charge >= 0.3 is 0 Å². The van der Waals surface area contributed by atoms with Gasteiger partial charge in [0.2, 0.25) is 11.7 Å². The van der Waals surface area contributed by atoms with Crippen LogP contribution in [0.2, 0.25) is 0 Å². The van der Waals surface area contributed by atoms with Gasteiger partial charge in [-0.15, -0.1) is 0 Å². The van der Waals surface area contributed by atoms with Gasteiger partial charge in [0.25, 0.3) is 0 Å². The SMILES string of the molecule is CCc1ccc(-c2noc(CNC(C)(C)C)n2)cc1. The molecule has 0 aliphatic rings. The zero-order chi connectivity index (χ0) is 13.9. The monoisotopic (exact) mass is 259 g/mol. The van der Waals surface area contributed by atoms with Crippen LogP contribution in [0.3, 0.4) is 0 Å². The van der Waals surface area contributed by atoms with Crippen LogP contribution in [0.1, 0.15) is 39.1 Å². The van der Waals surface area contributed by atoms with Crippen molar-refractivity contribution in [2.45, 2.75) is 46.2 Å². The minimum atomic E-state index is 0.0391. The predicted molar refractivity (Wildman–Crippen MR) is 75.7 cm³/mol. The lowest BCUT2D eigenvalue weighted by molar-refractivity contribution is 0.336. The number of nitrogens with one attached hydrogen (secondary N) is 1. The van der Waals surface area contributed by atoms with Crippen molar-refractivity contribution < 1.29 is 4.52 Å². The van der Waals surface area contributed by atoms with E-state index in [-0.39, 0.29) is 5.54 Å². The molecule has 0 spiro atoms. The van der Waals surface area contributed by atoms with Gasteiger partial charge in [0, 0.05) is 11.1 Å². The molecule has 1 aromatic heterocycles. The molecule has 1 aromatic carbocycles. The second kappa shape index (κ2) is 5.53. The summed E-state index contributed by atoms with van der Waals surface area (Å²) >= 11 is 0. The first kappa shape index (κ1) is 13.7. The number of hydrogen-bond acceptors (Lipinski definition) is 4. The highest BCUT2D eigenvalue weighted by molar-refractivity contribution is 5.54. The Hall–Kier alpha value is -1.68. The Morgan fingerprint density at radius 2 is 1.84 bits per heavy atom. The number of benzene rings is 1. The van der Waals surface area contributed by atoms with Gasteiger partial charge in [0.05, 0.1) is 6.54 Å². The summed E-state index contributed by atoms with van der Waals surface area (Å²) < 4.78 is 5.25. The van der Waals surface area contributed by atoms with Crippen LogP contribution >= 0.6 is 0 Å². The summed E-state index contributed by atoms with van der Waals surface area (Å²) in [7, 11) is 0. The van der Waals surface area contributed by atoms with Gasteiger partial charge in [0.15, 0.2) is 0 Å². The maximum atomic E-state index is 5.25. The van der Waals surface area contributed by atoms with E-state index in [9.17, 15) is 0 Å². The van der Waals surface area contributed by atoms with Gasteiger partial charge in [-0.2, -0.15) is 4.98 Å². The van der Waals surface area contributed by atoms with Crippen molar-refractivity contribution in [2.75, 3.05) is 0 Å². The molecule has 0 atom stereocenters. The largest absolute Gasteiger partial charge is 0.338 e. The predicted octanol–water partition coefficient (Wildman–Crippen LogP) is 3.19. The van der Waals surface area contributed by atoms with E-state index < -0.39 is 0 Å². The molecule has 1 heterocycles. The van der Waals surface area contributed by atoms with Crippen molar-refractivity contribution in [2.24, 2.45) is 0 Å². The fraction of sp³-hybridized carbons (Fsp3) is 0.467. The van der Waals surface area contributed by atoms with Crippen molar-refractivity contribution in [3.8, 4) is 11.4 Å². The molecule has 0 saturated heterocycles. The molecular formula is C15H21N3O. The van der Waals surface area contributed by atoms with Gasteiger partial charge in [-0.05, 0) is 32.8 Å². The zero-order valence-corrected chi connectivity index (χ0v) is 12.0. The van der Waals surface area contributed by atoms with Gasteiger partial charge in [-0.25, -0.2) is 0 Å². The van der Waals surface area contributed by atoms with E-state index in [2.05, 4.69) is 55.3 Å². The second-order valence-electron chi connectivity index (χ2n) is 5.67. The summed E-state index contributed by atoms with van der Waals surface area (Å²) in [5, 5.41) is 7.34. The molecular weight excluding hydrogens is 238 g/mol. The van der Waals surface area contributed by atoms with E-state index >= 15 is 0 Å². The number of aryl methyl sites for hydroxylation is 1. The van der Waals surface area contributed by atoms with Crippen molar-refractivity contribution in [3.63, 3.8) is 0 Å². The van der Waals surface area contributed by atoms with Gasteiger partial charge in [-0.3, -0.25) is 0 Å². The maximum Gasteiger partial charge on any atom is 0.240 e. The molecule has 0 fully saturated rings. The summed E-state index contributed by atoms with van der Waals surface area (Å²) in [6.07, 6.45) is 1.03. The van der Waals surface area contributed by atoms with Crippen molar-refractivity contribution >= 4 is 0 Å². The first-order valence-corrected chi connectivity index (χ1v) is 6.65. The van der Waals surface area contributed by atoms with E-state index in [1.807, 2.05) is 12.1 Å². The van der Waals surface area contributed by atoms with E-state index in [0.717, 1.165) is 12.0 Å². The summed E-state index contributed by atoms with van der Waals surface area (Å²) in [5.74, 6) is 1.26. The fourth-order valence-corrected chi connectivity index (χ4v) is 1.67. The Kier molecular flexibility index (Phi) is 4.00. The van der Waals surface area contributed by atoms with Gasteiger partial charge < -0.3 is 9.84 Å². The molecule has 4 heteroatoms. The third-order valence-corrected chi connectivity index (χ3v) is 2.86. The highest BCUT2D eigenvalue weighted by atomic mass is 16.5. The number of aromatic nitrogens is 2. The number of rotatable bonds is 4. The summed E-state index contributed by atoms with van der Waals surface area (Å²) in [4.78, 5) is 4.40. The molecule has 0 unspecified atom stereocenters. The molecule has 0 saturated carbocycles. The third-order valence-electron chi connectivity index (χ3n) is 2.86. The lowest BCUT2D eigenvalue weighted by atomic mass is 10.1. The molecule has 0 amide bonds. The molecule has 0 aliphatic heterocycles. The lowest BCUT2D eigenvalue weighted by Gasteiger charge is -2.18.